The lowest BCUT2D eigenvalue weighted by Gasteiger charge is -2.06. The fourth-order valence-corrected chi connectivity index (χ4v) is 0.983. The third-order valence-electron chi connectivity index (χ3n) is 1.52. The van der Waals surface area contributed by atoms with E-state index in [1.54, 1.807) is 12.3 Å². The van der Waals surface area contributed by atoms with Crippen LogP contribution in [0.3, 0.4) is 0 Å². The Kier molecular flexibility index (Phi) is 2.39. The summed E-state index contributed by atoms with van der Waals surface area (Å²) in [4.78, 5) is 4.15. The van der Waals surface area contributed by atoms with Crippen molar-refractivity contribution in [2.24, 2.45) is 5.73 Å². The Bertz CT molecular complexity index is 253. The molecule has 0 saturated carbocycles. The number of hydrogen-bond acceptors (Lipinski definition) is 2. The fraction of sp³-hybridized carbons (Fsp3) is 0.222. The van der Waals surface area contributed by atoms with Crippen LogP contribution in [0.4, 0.5) is 0 Å². The molecule has 1 heterocycles. The summed E-state index contributed by atoms with van der Waals surface area (Å²) in [5.41, 5.74) is 7.60. The largest absolute Gasteiger partial charge is 0.323 e. The predicted molar refractivity (Wildman–Crippen MR) is 46.9 cm³/mol. The molecule has 0 amide bonds. The number of pyridine rings is 1. The first-order valence-electron chi connectivity index (χ1n) is 3.58. The number of nitrogens with zero attached hydrogens (tertiary/aromatic N) is 1. The van der Waals surface area contributed by atoms with E-state index in [1.807, 2.05) is 19.1 Å². The van der Waals surface area contributed by atoms with E-state index >= 15 is 0 Å². The second-order valence-electron chi connectivity index (χ2n) is 2.47. The Morgan fingerprint density at radius 1 is 1.73 bits per heavy atom. The Morgan fingerprint density at radius 3 is 2.91 bits per heavy atom. The monoisotopic (exact) mass is 148 g/mol. The lowest BCUT2D eigenvalue weighted by atomic mass is 10.1. The first-order valence-corrected chi connectivity index (χ1v) is 3.58. The number of rotatable bonds is 2. The maximum Gasteiger partial charge on any atom is 0.0640 e. The molecule has 2 nitrogen and oxygen atoms in total. The van der Waals surface area contributed by atoms with Crippen LogP contribution in [-0.2, 0) is 0 Å². The first-order chi connectivity index (χ1) is 5.25. The molecule has 0 bridgehead atoms. The zero-order chi connectivity index (χ0) is 8.27. The molecule has 2 heteroatoms. The van der Waals surface area contributed by atoms with Crippen LogP contribution < -0.4 is 5.73 Å². The normalized spacial score (nSPS) is 12.5. The molecule has 1 unspecified atom stereocenters. The third-order valence-corrected chi connectivity index (χ3v) is 1.52. The molecular formula is C9H12N2. The van der Waals surface area contributed by atoms with E-state index in [0.29, 0.717) is 0 Å². The van der Waals surface area contributed by atoms with Crippen molar-refractivity contribution in [1.82, 2.24) is 4.98 Å². The molecule has 0 aliphatic heterocycles. The summed E-state index contributed by atoms with van der Waals surface area (Å²) in [6.45, 7) is 5.59. The van der Waals surface area contributed by atoms with Gasteiger partial charge in [0.15, 0.2) is 0 Å². The SMILES string of the molecule is C=Cc1cccnc1C(C)N. The molecular weight excluding hydrogens is 136 g/mol. The van der Waals surface area contributed by atoms with Crippen LogP contribution in [0.25, 0.3) is 6.08 Å². The fourth-order valence-electron chi connectivity index (χ4n) is 0.983. The van der Waals surface area contributed by atoms with E-state index in [9.17, 15) is 0 Å². The molecule has 0 spiro atoms. The number of aromatic nitrogens is 1. The van der Waals surface area contributed by atoms with E-state index in [4.69, 9.17) is 5.73 Å². The zero-order valence-corrected chi connectivity index (χ0v) is 6.62. The smallest absolute Gasteiger partial charge is 0.0640 e. The summed E-state index contributed by atoms with van der Waals surface area (Å²) in [5, 5.41) is 0. The van der Waals surface area contributed by atoms with Crippen LogP contribution >= 0.6 is 0 Å². The minimum Gasteiger partial charge on any atom is -0.323 e. The quantitative estimate of drug-likeness (QED) is 0.693. The molecule has 58 valence electrons. The van der Waals surface area contributed by atoms with Crippen molar-refractivity contribution in [3.63, 3.8) is 0 Å². The number of nitrogens with two attached hydrogens (primary N) is 1. The van der Waals surface area contributed by atoms with Crippen LogP contribution in [0, 0.1) is 0 Å². The van der Waals surface area contributed by atoms with Gasteiger partial charge in [-0.1, -0.05) is 18.7 Å². The molecule has 1 aromatic rings. The molecule has 0 aliphatic carbocycles. The first kappa shape index (κ1) is 7.95. The lowest BCUT2D eigenvalue weighted by molar-refractivity contribution is 0.778. The maximum atomic E-state index is 5.68. The molecule has 0 aromatic carbocycles. The van der Waals surface area contributed by atoms with E-state index in [0.717, 1.165) is 11.3 Å². The highest BCUT2D eigenvalue weighted by Crippen LogP contribution is 2.12. The second kappa shape index (κ2) is 3.30. The molecule has 11 heavy (non-hydrogen) atoms. The average Bonchev–Trinajstić information content (AvgIpc) is 2.04. The van der Waals surface area contributed by atoms with Crippen LogP contribution in [-0.4, -0.2) is 4.98 Å². The molecule has 1 atom stereocenters. The van der Waals surface area contributed by atoms with Gasteiger partial charge in [-0.25, -0.2) is 0 Å². The van der Waals surface area contributed by atoms with Gasteiger partial charge in [-0.15, -0.1) is 0 Å². The van der Waals surface area contributed by atoms with Crippen molar-refractivity contribution in [1.29, 1.82) is 0 Å². The number of hydrogen-bond donors (Lipinski definition) is 1. The van der Waals surface area contributed by atoms with E-state index < -0.39 is 0 Å². The highest BCUT2D eigenvalue weighted by molar-refractivity contribution is 5.49. The van der Waals surface area contributed by atoms with Crippen molar-refractivity contribution in [2.45, 2.75) is 13.0 Å². The van der Waals surface area contributed by atoms with Gasteiger partial charge in [0.1, 0.15) is 0 Å². The van der Waals surface area contributed by atoms with E-state index in [1.165, 1.54) is 0 Å². The molecule has 1 rings (SSSR count). The molecule has 2 N–H and O–H groups in total. The highest BCUT2D eigenvalue weighted by atomic mass is 14.8. The summed E-state index contributed by atoms with van der Waals surface area (Å²) < 4.78 is 0. The summed E-state index contributed by atoms with van der Waals surface area (Å²) in [7, 11) is 0. The van der Waals surface area contributed by atoms with Gasteiger partial charge in [0, 0.05) is 12.2 Å². The minimum atomic E-state index is -0.0239. The lowest BCUT2D eigenvalue weighted by Crippen LogP contribution is -2.08. The van der Waals surface area contributed by atoms with Gasteiger partial charge in [0.05, 0.1) is 5.69 Å². The summed E-state index contributed by atoms with van der Waals surface area (Å²) in [5.74, 6) is 0. The highest BCUT2D eigenvalue weighted by Gasteiger charge is 2.03. The summed E-state index contributed by atoms with van der Waals surface area (Å²) in [6, 6.07) is 3.81. The van der Waals surface area contributed by atoms with Crippen molar-refractivity contribution in [2.75, 3.05) is 0 Å². The van der Waals surface area contributed by atoms with Crippen LogP contribution in [0.1, 0.15) is 24.2 Å². The van der Waals surface area contributed by atoms with Gasteiger partial charge in [0.2, 0.25) is 0 Å². The Balaban J connectivity index is 3.12. The molecule has 0 radical (unpaired) electrons. The molecule has 1 aromatic heterocycles. The van der Waals surface area contributed by atoms with Crippen LogP contribution in [0.2, 0.25) is 0 Å². The molecule has 0 aliphatic rings. The molecule has 0 saturated heterocycles. The Labute approximate surface area is 66.8 Å². The van der Waals surface area contributed by atoms with Gasteiger partial charge in [-0.05, 0) is 18.6 Å². The standard InChI is InChI=1S/C9H12N2/c1-3-8-5-4-6-11-9(8)7(2)10/h3-7H,1,10H2,2H3. The van der Waals surface area contributed by atoms with E-state index in [2.05, 4.69) is 11.6 Å². The Morgan fingerprint density at radius 2 is 2.45 bits per heavy atom. The van der Waals surface area contributed by atoms with Crippen molar-refractivity contribution in [3.8, 4) is 0 Å². The summed E-state index contributed by atoms with van der Waals surface area (Å²) in [6.07, 6.45) is 3.51. The van der Waals surface area contributed by atoms with Gasteiger partial charge in [0.25, 0.3) is 0 Å². The van der Waals surface area contributed by atoms with Gasteiger partial charge in [-0.3, -0.25) is 4.98 Å². The van der Waals surface area contributed by atoms with Gasteiger partial charge >= 0.3 is 0 Å². The van der Waals surface area contributed by atoms with Crippen LogP contribution in [0.5, 0.6) is 0 Å². The van der Waals surface area contributed by atoms with Crippen molar-refractivity contribution in [3.05, 3.63) is 36.2 Å². The van der Waals surface area contributed by atoms with Gasteiger partial charge in [-0.2, -0.15) is 0 Å². The zero-order valence-electron chi connectivity index (χ0n) is 6.62. The van der Waals surface area contributed by atoms with Crippen LogP contribution in [0.15, 0.2) is 24.9 Å². The predicted octanol–water partition coefficient (Wildman–Crippen LogP) is 1.74. The molecule has 0 fully saturated rings. The Hall–Kier alpha value is -1.15. The average molecular weight is 148 g/mol. The topological polar surface area (TPSA) is 38.9 Å². The van der Waals surface area contributed by atoms with Crippen molar-refractivity contribution < 1.29 is 0 Å². The third kappa shape index (κ3) is 1.65. The van der Waals surface area contributed by atoms with E-state index in [-0.39, 0.29) is 6.04 Å². The van der Waals surface area contributed by atoms with Gasteiger partial charge < -0.3 is 5.73 Å². The maximum absolute atomic E-state index is 5.68. The van der Waals surface area contributed by atoms with Crippen molar-refractivity contribution >= 4 is 6.08 Å². The second-order valence-corrected chi connectivity index (χ2v) is 2.47. The minimum absolute atomic E-state index is 0.0239. The summed E-state index contributed by atoms with van der Waals surface area (Å²) >= 11 is 0.